The molecule has 1 aliphatic carbocycles. The zero-order chi connectivity index (χ0) is 5.11. The molecule has 0 amide bonds. The highest BCUT2D eigenvalue weighted by molar-refractivity contribution is 6.20. The van der Waals surface area contributed by atoms with Gasteiger partial charge >= 0.3 is 23.1 Å². The van der Waals surface area contributed by atoms with Gasteiger partial charge in [0.25, 0.3) is 0 Å². The summed E-state index contributed by atoms with van der Waals surface area (Å²) in [7, 11) is 0. The molecule has 8 heavy (non-hydrogen) atoms. The molecule has 1 aliphatic rings. The number of rotatable bonds is 0. The van der Waals surface area contributed by atoms with Gasteiger partial charge in [-0.1, -0.05) is 19.3 Å². The first kappa shape index (κ1) is 9.06. The number of hydrogen-bond acceptors (Lipinski definition) is 0. The van der Waals surface area contributed by atoms with Crippen LogP contribution in [0.4, 0.5) is 0 Å². The van der Waals surface area contributed by atoms with Gasteiger partial charge in [-0.3, -0.25) is 0 Å². The average Bonchev–Trinajstić information content (AvgIpc) is 1.69. The molecule has 1 saturated carbocycles. The smallest absolute Gasteiger partial charge is 0.123 e. The van der Waals surface area contributed by atoms with Crippen molar-refractivity contribution in [2.24, 2.45) is 0 Å². The van der Waals surface area contributed by atoms with Crippen LogP contribution in [0.25, 0.3) is 0 Å². The Morgan fingerprint density at radius 1 is 1.00 bits per heavy atom. The summed E-state index contributed by atoms with van der Waals surface area (Å²) in [6.45, 7) is 0. The van der Waals surface area contributed by atoms with E-state index in [1.165, 1.54) is 32.1 Å². The van der Waals surface area contributed by atoms with Gasteiger partial charge in [-0.05, 0) is 12.8 Å². The molecular formula is C6H13ClMg. The lowest BCUT2D eigenvalue weighted by Gasteiger charge is -2.13. The molecule has 0 nitrogen and oxygen atoms in total. The Labute approximate surface area is 72.1 Å². The molecule has 0 aromatic carbocycles. The summed E-state index contributed by atoms with van der Waals surface area (Å²) >= 11 is 5.82. The number of alkyl halides is 1. The van der Waals surface area contributed by atoms with Crippen LogP contribution in [0.1, 0.15) is 32.1 Å². The van der Waals surface area contributed by atoms with Crippen LogP contribution < -0.4 is 0 Å². The normalized spacial score (nSPS) is 22.1. The third-order valence-corrected chi connectivity index (χ3v) is 1.97. The van der Waals surface area contributed by atoms with Crippen molar-refractivity contribution in [3.8, 4) is 0 Å². The lowest BCUT2D eigenvalue weighted by atomic mass is 10.0. The third-order valence-electron chi connectivity index (χ3n) is 1.53. The van der Waals surface area contributed by atoms with Crippen molar-refractivity contribution in [2.75, 3.05) is 0 Å². The molecule has 1 fully saturated rings. The molecule has 0 N–H and O–H groups in total. The van der Waals surface area contributed by atoms with Crippen molar-refractivity contribution in [1.29, 1.82) is 0 Å². The van der Waals surface area contributed by atoms with E-state index >= 15 is 0 Å². The fourth-order valence-corrected chi connectivity index (χ4v) is 1.36. The molecule has 46 valence electrons. The summed E-state index contributed by atoms with van der Waals surface area (Å²) in [6.07, 6.45) is 6.62. The van der Waals surface area contributed by atoms with Gasteiger partial charge in [0.1, 0.15) is 0 Å². The van der Waals surface area contributed by atoms with Crippen molar-refractivity contribution < 1.29 is 0 Å². The van der Waals surface area contributed by atoms with E-state index in [0.717, 1.165) is 0 Å². The zero-order valence-corrected chi connectivity index (χ0v) is 5.25. The van der Waals surface area contributed by atoms with E-state index in [1.807, 2.05) is 0 Å². The summed E-state index contributed by atoms with van der Waals surface area (Å²) in [4.78, 5) is 0. The number of hydrogen-bond donors (Lipinski definition) is 0. The summed E-state index contributed by atoms with van der Waals surface area (Å²) in [6, 6.07) is 0. The van der Waals surface area contributed by atoms with Crippen molar-refractivity contribution in [3.05, 3.63) is 0 Å². The van der Waals surface area contributed by atoms with E-state index in [-0.39, 0.29) is 23.1 Å². The van der Waals surface area contributed by atoms with Crippen LogP contribution in [-0.2, 0) is 0 Å². The van der Waals surface area contributed by atoms with Gasteiger partial charge in [-0.15, -0.1) is 11.6 Å². The molecule has 0 unspecified atom stereocenters. The Hall–Kier alpha value is 1.06. The largest absolute Gasteiger partial charge is 0.316 e. The predicted molar refractivity (Wildman–Crippen MR) is 41.3 cm³/mol. The maximum absolute atomic E-state index is 5.82. The Bertz CT molecular complexity index is 50.5. The molecule has 0 saturated heterocycles. The second-order valence-electron chi connectivity index (χ2n) is 2.24. The Kier molecular flexibility index (Phi) is 5.54. The Balaban J connectivity index is 0.000000490. The highest BCUT2D eigenvalue weighted by Crippen LogP contribution is 2.21. The van der Waals surface area contributed by atoms with Crippen LogP contribution >= 0.6 is 11.6 Å². The van der Waals surface area contributed by atoms with Gasteiger partial charge in [-0.2, -0.15) is 0 Å². The van der Waals surface area contributed by atoms with Crippen molar-refractivity contribution >= 4 is 34.7 Å². The van der Waals surface area contributed by atoms with Gasteiger partial charge < -0.3 is 0 Å². The molecule has 0 aromatic rings. The molecule has 0 aromatic heterocycles. The van der Waals surface area contributed by atoms with E-state index in [2.05, 4.69) is 0 Å². The fraction of sp³-hybridized carbons (Fsp3) is 1.00. The van der Waals surface area contributed by atoms with Crippen molar-refractivity contribution in [2.45, 2.75) is 37.5 Å². The van der Waals surface area contributed by atoms with Gasteiger partial charge in [0, 0.05) is 5.38 Å². The monoisotopic (exact) mass is 144 g/mol. The molecule has 2 heteroatoms. The second kappa shape index (κ2) is 4.89. The molecule has 0 spiro atoms. The van der Waals surface area contributed by atoms with E-state index in [9.17, 15) is 0 Å². The maximum Gasteiger partial charge on any atom is 0.316 e. The van der Waals surface area contributed by atoms with Crippen LogP contribution in [0.2, 0.25) is 0 Å². The summed E-state index contributed by atoms with van der Waals surface area (Å²) in [5.41, 5.74) is 0. The Morgan fingerprint density at radius 3 is 1.75 bits per heavy atom. The summed E-state index contributed by atoms with van der Waals surface area (Å²) in [5, 5.41) is 0.508. The van der Waals surface area contributed by atoms with E-state index < -0.39 is 0 Å². The third kappa shape index (κ3) is 3.16. The van der Waals surface area contributed by atoms with Gasteiger partial charge in [-0.25, -0.2) is 0 Å². The van der Waals surface area contributed by atoms with Crippen LogP contribution in [0.15, 0.2) is 0 Å². The van der Waals surface area contributed by atoms with E-state index in [0.29, 0.717) is 5.38 Å². The lowest BCUT2D eigenvalue weighted by molar-refractivity contribution is 0.511. The minimum Gasteiger partial charge on any atom is -0.123 e. The second-order valence-corrected chi connectivity index (χ2v) is 2.85. The molecule has 0 heterocycles. The zero-order valence-electron chi connectivity index (χ0n) is 4.49. The highest BCUT2D eigenvalue weighted by atomic mass is 35.5. The van der Waals surface area contributed by atoms with Gasteiger partial charge in [0.2, 0.25) is 0 Å². The van der Waals surface area contributed by atoms with Gasteiger partial charge in [0.15, 0.2) is 0 Å². The quantitative estimate of drug-likeness (QED) is 0.359. The molecule has 0 radical (unpaired) electrons. The minimum absolute atomic E-state index is 0. The van der Waals surface area contributed by atoms with Crippen LogP contribution in [0.3, 0.4) is 0 Å². The molecule has 0 atom stereocenters. The topological polar surface area (TPSA) is 0 Å². The first-order valence-corrected chi connectivity index (χ1v) is 3.47. The highest BCUT2D eigenvalue weighted by Gasteiger charge is 2.08. The molecule has 0 aliphatic heterocycles. The fourth-order valence-electron chi connectivity index (χ4n) is 1.05. The average molecular weight is 145 g/mol. The van der Waals surface area contributed by atoms with Gasteiger partial charge in [0.05, 0.1) is 0 Å². The predicted octanol–water partition coefficient (Wildman–Crippen LogP) is 1.64. The standard InChI is InChI=1S/C6H11Cl.Mg.2H/c7-6-4-2-1-3-5-6;;;/h6H,1-5H2;;;. The maximum atomic E-state index is 5.82. The summed E-state index contributed by atoms with van der Waals surface area (Å²) in [5.74, 6) is 0. The van der Waals surface area contributed by atoms with E-state index in [1.54, 1.807) is 0 Å². The molecular weight excluding hydrogens is 132 g/mol. The number of halogens is 1. The first-order chi connectivity index (χ1) is 3.39. The van der Waals surface area contributed by atoms with Crippen LogP contribution in [-0.4, -0.2) is 28.4 Å². The van der Waals surface area contributed by atoms with Crippen molar-refractivity contribution in [3.63, 3.8) is 0 Å². The molecule has 1 rings (SSSR count). The van der Waals surface area contributed by atoms with E-state index in [4.69, 9.17) is 11.6 Å². The summed E-state index contributed by atoms with van der Waals surface area (Å²) < 4.78 is 0. The Morgan fingerprint density at radius 2 is 1.50 bits per heavy atom. The first-order valence-electron chi connectivity index (χ1n) is 3.03. The molecule has 0 bridgehead atoms. The lowest BCUT2D eigenvalue weighted by Crippen LogP contribution is -2.03. The van der Waals surface area contributed by atoms with Crippen molar-refractivity contribution in [1.82, 2.24) is 0 Å². The van der Waals surface area contributed by atoms with Crippen LogP contribution in [0.5, 0.6) is 0 Å². The minimum atomic E-state index is 0. The SMILES string of the molecule is ClC1CCCCC1.[MgH2]. The van der Waals surface area contributed by atoms with Crippen LogP contribution in [0, 0.1) is 0 Å².